The van der Waals surface area contributed by atoms with Crippen molar-refractivity contribution in [1.29, 1.82) is 0 Å². The van der Waals surface area contributed by atoms with Crippen LogP contribution in [-0.4, -0.2) is 29.3 Å². The molecule has 1 aromatic carbocycles. The summed E-state index contributed by atoms with van der Waals surface area (Å²) in [5, 5.41) is 2.60. The third-order valence-corrected chi connectivity index (χ3v) is 3.10. The lowest BCUT2D eigenvalue weighted by Gasteiger charge is -2.30. The SMILES string of the molecule is C=C(C)CN1C(=O)NC(=O)C(c2cccc(Cl)c2)C1=O. The van der Waals surface area contributed by atoms with E-state index >= 15 is 0 Å². The highest BCUT2D eigenvalue weighted by molar-refractivity contribution is 6.30. The summed E-state index contributed by atoms with van der Waals surface area (Å²) in [6, 6.07) is 5.74. The minimum absolute atomic E-state index is 0.0784. The maximum Gasteiger partial charge on any atom is 0.331 e. The molecule has 1 aliphatic rings. The zero-order valence-electron chi connectivity index (χ0n) is 10.9. The van der Waals surface area contributed by atoms with Crippen LogP contribution in [-0.2, 0) is 9.59 Å². The van der Waals surface area contributed by atoms with Crippen molar-refractivity contribution in [3.63, 3.8) is 0 Å². The van der Waals surface area contributed by atoms with Gasteiger partial charge in [-0.05, 0) is 24.6 Å². The Hall–Kier alpha value is -2.14. The molecule has 1 atom stereocenters. The summed E-state index contributed by atoms with van der Waals surface area (Å²) in [5.41, 5.74) is 1.10. The molecule has 0 saturated carbocycles. The second-order valence-electron chi connectivity index (χ2n) is 4.66. The molecule has 1 heterocycles. The third-order valence-electron chi connectivity index (χ3n) is 2.86. The Morgan fingerprint density at radius 2 is 2.10 bits per heavy atom. The molecule has 0 aromatic heterocycles. The fourth-order valence-electron chi connectivity index (χ4n) is 2.01. The van der Waals surface area contributed by atoms with Crippen LogP contribution in [0.2, 0.25) is 5.02 Å². The van der Waals surface area contributed by atoms with E-state index in [-0.39, 0.29) is 6.54 Å². The lowest BCUT2D eigenvalue weighted by atomic mass is 9.95. The number of hydrogen-bond acceptors (Lipinski definition) is 3. The van der Waals surface area contributed by atoms with E-state index in [0.717, 1.165) is 4.90 Å². The van der Waals surface area contributed by atoms with Gasteiger partial charge < -0.3 is 0 Å². The summed E-state index contributed by atoms with van der Waals surface area (Å²) < 4.78 is 0. The molecular weight excluding hydrogens is 280 g/mol. The van der Waals surface area contributed by atoms with Crippen LogP contribution in [0.1, 0.15) is 18.4 Å². The highest BCUT2D eigenvalue weighted by Crippen LogP contribution is 2.25. The molecule has 1 fully saturated rings. The van der Waals surface area contributed by atoms with E-state index in [9.17, 15) is 14.4 Å². The molecule has 20 heavy (non-hydrogen) atoms. The molecule has 0 aliphatic carbocycles. The Labute approximate surface area is 121 Å². The Morgan fingerprint density at radius 3 is 2.70 bits per heavy atom. The van der Waals surface area contributed by atoms with Crippen LogP contribution in [0.5, 0.6) is 0 Å². The smallest absolute Gasteiger partial charge is 0.277 e. The first-order chi connectivity index (χ1) is 9.40. The molecule has 104 valence electrons. The van der Waals surface area contributed by atoms with Crippen LogP contribution >= 0.6 is 11.6 Å². The molecule has 4 amide bonds. The van der Waals surface area contributed by atoms with Gasteiger partial charge in [-0.25, -0.2) is 4.79 Å². The van der Waals surface area contributed by atoms with Crippen LogP contribution in [0.25, 0.3) is 0 Å². The second kappa shape index (κ2) is 5.46. The van der Waals surface area contributed by atoms with Gasteiger partial charge in [0.25, 0.3) is 0 Å². The van der Waals surface area contributed by atoms with Gasteiger partial charge in [-0.1, -0.05) is 35.9 Å². The highest BCUT2D eigenvalue weighted by Gasteiger charge is 2.41. The van der Waals surface area contributed by atoms with Gasteiger partial charge in [-0.15, -0.1) is 0 Å². The molecule has 1 aromatic rings. The standard InChI is InChI=1S/C14H13ClN2O3/c1-8(2)7-17-13(19)11(12(18)16-14(17)20)9-4-3-5-10(15)6-9/h3-6,11H,1,7H2,2H3,(H,16,18,20). The van der Waals surface area contributed by atoms with Crippen molar-refractivity contribution in [2.24, 2.45) is 0 Å². The fourth-order valence-corrected chi connectivity index (χ4v) is 2.21. The van der Waals surface area contributed by atoms with Crippen molar-refractivity contribution in [2.45, 2.75) is 12.8 Å². The minimum Gasteiger partial charge on any atom is -0.277 e. The van der Waals surface area contributed by atoms with Crippen molar-refractivity contribution in [2.75, 3.05) is 6.54 Å². The summed E-state index contributed by atoms with van der Waals surface area (Å²) in [4.78, 5) is 36.9. The number of nitrogens with one attached hydrogen (secondary N) is 1. The lowest BCUT2D eigenvalue weighted by molar-refractivity contribution is -0.138. The van der Waals surface area contributed by atoms with E-state index in [0.29, 0.717) is 16.2 Å². The van der Waals surface area contributed by atoms with Crippen molar-refractivity contribution >= 4 is 29.4 Å². The Morgan fingerprint density at radius 1 is 1.40 bits per heavy atom. The molecule has 1 aliphatic heterocycles. The second-order valence-corrected chi connectivity index (χ2v) is 5.10. The Kier molecular flexibility index (Phi) is 3.90. The number of imide groups is 2. The molecule has 1 unspecified atom stereocenters. The number of benzene rings is 1. The van der Waals surface area contributed by atoms with Gasteiger partial charge in [-0.3, -0.25) is 19.8 Å². The number of urea groups is 1. The predicted octanol–water partition coefficient (Wildman–Crippen LogP) is 2.08. The van der Waals surface area contributed by atoms with Crippen molar-refractivity contribution in [1.82, 2.24) is 10.2 Å². The van der Waals surface area contributed by atoms with Gasteiger partial charge in [0.05, 0.1) is 6.54 Å². The van der Waals surface area contributed by atoms with Gasteiger partial charge in [0.1, 0.15) is 5.92 Å². The van der Waals surface area contributed by atoms with Crippen LogP contribution in [0, 0.1) is 0 Å². The molecule has 5 nitrogen and oxygen atoms in total. The van der Waals surface area contributed by atoms with Crippen molar-refractivity contribution < 1.29 is 14.4 Å². The van der Waals surface area contributed by atoms with E-state index in [4.69, 9.17) is 11.6 Å². The number of halogens is 1. The van der Waals surface area contributed by atoms with E-state index in [2.05, 4.69) is 11.9 Å². The number of carbonyl (C=O) groups is 3. The number of amides is 4. The Bertz CT molecular complexity index is 612. The zero-order chi connectivity index (χ0) is 14.9. The molecule has 1 N–H and O–H groups in total. The van der Waals surface area contributed by atoms with Gasteiger partial charge >= 0.3 is 6.03 Å². The summed E-state index contributed by atoms with van der Waals surface area (Å²) in [5.74, 6) is -2.27. The maximum absolute atomic E-state index is 12.4. The molecule has 0 bridgehead atoms. The predicted molar refractivity (Wildman–Crippen MR) is 74.3 cm³/mol. The normalized spacial score (nSPS) is 19.0. The van der Waals surface area contributed by atoms with Crippen LogP contribution < -0.4 is 5.32 Å². The van der Waals surface area contributed by atoms with Gasteiger partial charge in [-0.2, -0.15) is 0 Å². The molecule has 6 heteroatoms. The lowest BCUT2D eigenvalue weighted by Crippen LogP contribution is -2.57. The highest BCUT2D eigenvalue weighted by atomic mass is 35.5. The quantitative estimate of drug-likeness (QED) is 0.685. The number of carbonyl (C=O) groups excluding carboxylic acids is 3. The van der Waals surface area contributed by atoms with Gasteiger partial charge in [0.2, 0.25) is 11.8 Å². The average Bonchev–Trinajstić information content (AvgIpc) is 2.34. The van der Waals surface area contributed by atoms with E-state index in [1.165, 1.54) is 0 Å². The first-order valence-electron chi connectivity index (χ1n) is 5.96. The van der Waals surface area contributed by atoms with Crippen LogP contribution in [0.15, 0.2) is 36.4 Å². The van der Waals surface area contributed by atoms with E-state index < -0.39 is 23.8 Å². The Balaban J connectivity index is 2.37. The molecule has 0 spiro atoms. The third kappa shape index (κ3) is 2.72. The first-order valence-corrected chi connectivity index (χ1v) is 6.34. The van der Waals surface area contributed by atoms with Crippen LogP contribution in [0.3, 0.4) is 0 Å². The van der Waals surface area contributed by atoms with E-state index in [1.54, 1.807) is 31.2 Å². The topological polar surface area (TPSA) is 66.5 Å². The van der Waals surface area contributed by atoms with E-state index in [1.807, 2.05) is 0 Å². The minimum atomic E-state index is -1.06. The zero-order valence-corrected chi connectivity index (χ0v) is 11.6. The maximum atomic E-state index is 12.4. The largest absolute Gasteiger partial charge is 0.331 e. The number of barbiturate groups is 1. The summed E-state index contributed by atoms with van der Waals surface area (Å²) in [6.45, 7) is 5.45. The summed E-state index contributed by atoms with van der Waals surface area (Å²) >= 11 is 5.87. The number of nitrogens with zero attached hydrogens (tertiary/aromatic N) is 1. The summed E-state index contributed by atoms with van der Waals surface area (Å²) in [6.07, 6.45) is 0. The monoisotopic (exact) mass is 292 g/mol. The number of rotatable bonds is 3. The fraction of sp³-hybridized carbons (Fsp3) is 0.214. The molecule has 1 saturated heterocycles. The molecule has 2 rings (SSSR count). The van der Waals surface area contributed by atoms with Gasteiger partial charge in [0.15, 0.2) is 0 Å². The van der Waals surface area contributed by atoms with Crippen molar-refractivity contribution in [3.05, 3.63) is 47.0 Å². The molecular formula is C14H13ClN2O3. The van der Waals surface area contributed by atoms with Gasteiger partial charge in [0, 0.05) is 5.02 Å². The first kappa shape index (κ1) is 14.3. The summed E-state index contributed by atoms with van der Waals surface area (Å²) in [7, 11) is 0. The van der Waals surface area contributed by atoms with Crippen molar-refractivity contribution in [3.8, 4) is 0 Å². The average molecular weight is 293 g/mol. The number of hydrogen-bond donors (Lipinski definition) is 1. The molecule has 0 radical (unpaired) electrons. The van der Waals surface area contributed by atoms with Crippen LogP contribution in [0.4, 0.5) is 4.79 Å².